The summed E-state index contributed by atoms with van der Waals surface area (Å²) in [6.07, 6.45) is 0. The van der Waals surface area contributed by atoms with Gasteiger partial charge in [-0.1, -0.05) is 30.3 Å². The number of nitriles is 1. The van der Waals surface area contributed by atoms with E-state index >= 15 is 0 Å². The first-order valence-electron chi connectivity index (χ1n) is 12.4. The average molecular weight is 473 g/mol. The van der Waals surface area contributed by atoms with Crippen molar-refractivity contribution >= 4 is 11.8 Å². The van der Waals surface area contributed by atoms with Gasteiger partial charge in [-0.15, -0.1) is 0 Å². The molecule has 3 aliphatic heterocycles. The number of benzene rings is 2. The Kier molecular flexibility index (Phi) is 6.12. The number of aryl methyl sites for hydroxylation is 1. The number of rotatable bonds is 4. The lowest BCUT2D eigenvalue weighted by Gasteiger charge is -2.62. The molecule has 7 heteroatoms. The molecule has 2 amide bonds. The van der Waals surface area contributed by atoms with E-state index in [4.69, 9.17) is 4.74 Å². The van der Waals surface area contributed by atoms with Crippen LogP contribution in [0.2, 0.25) is 0 Å². The number of carbonyl (C=O) groups is 2. The van der Waals surface area contributed by atoms with E-state index in [0.29, 0.717) is 57.1 Å². The topological polar surface area (TPSA) is 76.9 Å². The van der Waals surface area contributed by atoms with Gasteiger partial charge in [0.15, 0.2) is 0 Å². The van der Waals surface area contributed by atoms with E-state index in [1.807, 2.05) is 67.0 Å². The molecule has 2 aromatic carbocycles. The van der Waals surface area contributed by atoms with Crippen LogP contribution < -0.4 is 0 Å². The minimum Gasteiger partial charge on any atom is -0.378 e. The zero-order chi connectivity index (χ0) is 24.7. The SMILES string of the molecule is Cc1ccc(CN2CC3(C2)C(C(=O)N2CCOCC2)c2ccccc2C(=O)N3C(C)C)cc1C#N. The number of hydrogen-bond donors (Lipinski definition) is 0. The van der Waals surface area contributed by atoms with Crippen molar-refractivity contribution < 1.29 is 14.3 Å². The molecule has 0 N–H and O–H groups in total. The summed E-state index contributed by atoms with van der Waals surface area (Å²) < 4.78 is 5.50. The molecular formula is C28H32N4O3. The van der Waals surface area contributed by atoms with Crippen LogP contribution in [0.15, 0.2) is 42.5 Å². The maximum absolute atomic E-state index is 14.1. The Labute approximate surface area is 206 Å². The highest BCUT2D eigenvalue weighted by Gasteiger charge is 2.61. The van der Waals surface area contributed by atoms with Crippen molar-refractivity contribution in [2.75, 3.05) is 39.4 Å². The van der Waals surface area contributed by atoms with Gasteiger partial charge in [0.1, 0.15) is 0 Å². The Balaban J connectivity index is 1.51. The fourth-order valence-corrected chi connectivity index (χ4v) is 6.10. The van der Waals surface area contributed by atoms with E-state index in [1.54, 1.807) is 0 Å². The lowest BCUT2D eigenvalue weighted by molar-refractivity contribution is -0.148. The van der Waals surface area contributed by atoms with E-state index in [1.165, 1.54) is 0 Å². The second-order valence-corrected chi connectivity index (χ2v) is 10.2. The first-order valence-corrected chi connectivity index (χ1v) is 12.4. The van der Waals surface area contributed by atoms with E-state index in [9.17, 15) is 14.9 Å². The molecule has 1 atom stereocenters. The van der Waals surface area contributed by atoms with Crippen molar-refractivity contribution in [3.05, 3.63) is 70.3 Å². The fourth-order valence-electron chi connectivity index (χ4n) is 6.10. The van der Waals surface area contributed by atoms with Crippen LogP contribution in [0.3, 0.4) is 0 Å². The molecule has 5 rings (SSSR count). The van der Waals surface area contributed by atoms with E-state index in [2.05, 4.69) is 17.0 Å². The fraction of sp³-hybridized carbons (Fsp3) is 0.464. The standard InChI is InChI=1S/C28H32N4O3/c1-19(2)32-26(33)24-7-5-4-6-23(24)25(27(34)31-10-12-35-13-11-31)28(32)17-30(18-28)16-21-9-8-20(3)22(14-21)15-29/h4-9,14,19,25H,10-13,16-18H2,1-3H3. The number of hydrogen-bond acceptors (Lipinski definition) is 5. The van der Waals surface area contributed by atoms with Gasteiger partial charge in [-0.05, 0) is 49.6 Å². The van der Waals surface area contributed by atoms with Crippen LogP contribution in [0.25, 0.3) is 0 Å². The summed E-state index contributed by atoms with van der Waals surface area (Å²) in [5.74, 6) is -0.329. The minimum absolute atomic E-state index is 0.00313. The van der Waals surface area contributed by atoms with Crippen LogP contribution in [0.4, 0.5) is 0 Å². The molecule has 1 unspecified atom stereocenters. The maximum atomic E-state index is 14.1. The van der Waals surface area contributed by atoms with Crippen molar-refractivity contribution in [3.63, 3.8) is 0 Å². The maximum Gasteiger partial charge on any atom is 0.254 e. The Morgan fingerprint density at radius 1 is 1.17 bits per heavy atom. The third kappa shape index (κ3) is 3.91. The molecule has 2 aromatic rings. The van der Waals surface area contributed by atoms with Gasteiger partial charge in [0.05, 0.1) is 36.3 Å². The second kappa shape index (κ2) is 9.10. The third-order valence-electron chi connectivity index (χ3n) is 7.65. The second-order valence-electron chi connectivity index (χ2n) is 10.2. The summed E-state index contributed by atoms with van der Waals surface area (Å²) in [5.41, 5.74) is 3.59. The molecule has 0 bridgehead atoms. The van der Waals surface area contributed by atoms with Crippen LogP contribution in [0, 0.1) is 18.3 Å². The third-order valence-corrected chi connectivity index (χ3v) is 7.65. The van der Waals surface area contributed by atoms with Crippen LogP contribution in [0.5, 0.6) is 0 Å². The zero-order valence-corrected chi connectivity index (χ0v) is 20.7. The summed E-state index contributed by atoms with van der Waals surface area (Å²) in [6.45, 7) is 10.1. The van der Waals surface area contributed by atoms with Crippen molar-refractivity contribution in [2.24, 2.45) is 0 Å². The van der Waals surface area contributed by atoms with Gasteiger partial charge >= 0.3 is 0 Å². The highest BCUT2D eigenvalue weighted by molar-refractivity contribution is 6.02. The van der Waals surface area contributed by atoms with Crippen molar-refractivity contribution in [1.82, 2.24) is 14.7 Å². The van der Waals surface area contributed by atoms with E-state index < -0.39 is 11.5 Å². The molecular weight excluding hydrogens is 440 g/mol. The van der Waals surface area contributed by atoms with Crippen LogP contribution in [-0.2, 0) is 16.1 Å². The quantitative estimate of drug-likeness (QED) is 0.684. The minimum atomic E-state index is -0.599. The lowest BCUT2D eigenvalue weighted by atomic mass is 9.67. The molecule has 35 heavy (non-hydrogen) atoms. The van der Waals surface area contributed by atoms with E-state index in [0.717, 1.165) is 16.7 Å². The zero-order valence-electron chi connectivity index (χ0n) is 20.7. The Hall–Kier alpha value is -3.21. The molecule has 0 saturated carbocycles. The number of likely N-dealkylation sites (tertiary alicyclic amines) is 1. The summed E-state index contributed by atoms with van der Waals surface area (Å²) >= 11 is 0. The van der Waals surface area contributed by atoms with Crippen molar-refractivity contribution in [1.29, 1.82) is 5.26 Å². The molecule has 3 aliphatic rings. The highest BCUT2D eigenvalue weighted by atomic mass is 16.5. The van der Waals surface area contributed by atoms with E-state index in [-0.39, 0.29) is 17.9 Å². The number of morpholine rings is 1. The first kappa shape index (κ1) is 23.5. The lowest BCUT2D eigenvalue weighted by Crippen LogP contribution is -2.77. The summed E-state index contributed by atoms with van der Waals surface area (Å²) in [5, 5.41) is 9.43. The van der Waals surface area contributed by atoms with Gasteiger partial charge in [0.25, 0.3) is 5.91 Å². The number of amides is 2. The summed E-state index contributed by atoms with van der Waals surface area (Å²) in [6, 6.07) is 15.8. The molecule has 0 aromatic heterocycles. The average Bonchev–Trinajstić information content (AvgIpc) is 2.84. The predicted molar refractivity (Wildman–Crippen MR) is 132 cm³/mol. The number of ether oxygens (including phenoxy) is 1. The van der Waals surface area contributed by atoms with Gasteiger partial charge in [0, 0.05) is 44.3 Å². The number of nitrogens with zero attached hydrogens (tertiary/aromatic N) is 4. The largest absolute Gasteiger partial charge is 0.378 e. The molecule has 0 radical (unpaired) electrons. The first-order chi connectivity index (χ1) is 16.9. The van der Waals surface area contributed by atoms with Gasteiger partial charge in [-0.25, -0.2) is 0 Å². The Morgan fingerprint density at radius 3 is 2.57 bits per heavy atom. The number of fused-ring (bicyclic) bond motifs is 1. The molecule has 1 spiro atoms. The Morgan fingerprint density at radius 2 is 1.89 bits per heavy atom. The number of carbonyl (C=O) groups excluding carboxylic acids is 2. The molecule has 3 heterocycles. The van der Waals surface area contributed by atoms with Crippen molar-refractivity contribution in [3.8, 4) is 6.07 Å². The molecule has 2 fully saturated rings. The molecule has 7 nitrogen and oxygen atoms in total. The van der Waals surface area contributed by atoms with Crippen LogP contribution in [-0.4, -0.2) is 77.5 Å². The van der Waals surface area contributed by atoms with Gasteiger partial charge in [-0.3, -0.25) is 14.5 Å². The molecule has 2 saturated heterocycles. The molecule has 182 valence electrons. The van der Waals surface area contributed by atoms with Gasteiger partial charge in [-0.2, -0.15) is 5.26 Å². The normalized spacial score (nSPS) is 21.6. The van der Waals surface area contributed by atoms with Gasteiger partial charge in [0.2, 0.25) is 5.91 Å². The van der Waals surface area contributed by atoms with Crippen LogP contribution in [0.1, 0.15) is 52.4 Å². The van der Waals surface area contributed by atoms with Crippen molar-refractivity contribution in [2.45, 2.75) is 44.8 Å². The van der Waals surface area contributed by atoms with Gasteiger partial charge < -0.3 is 14.5 Å². The predicted octanol–water partition coefficient (Wildman–Crippen LogP) is 2.93. The monoisotopic (exact) mass is 472 g/mol. The summed E-state index contributed by atoms with van der Waals surface area (Å²) in [4.78, 5) is 33.9. The smallest absolute Gasteiger partial charge is 0.254 e. The highest BCUT2D eigenvalue weighted by Crippen LogP contribution is 2.48. The Bertz CT molecular complexity index is 1190. The summed E-state index contributed by atoms with van der Waals surface area (Å²) in [7, 11) is 0. The molecule has 0 aliphatic carbocycles. The van der Waals surface area contributed by atoms with Crippen LogP contribution >= 0.6 is 0 Å².